The van der Waals surface area contributed by atoms with Gasteiger partial charge in [0.05, 0.1) is 6.10 Å². The van der Waals surface area contributed by atoms with Crippen molar-refractivity contribution in [2.45, 2.75) is 44.6 Å². The van der Waals surface area contributed by atoms with Crippen molar-refractivity contribution in [1.29, 1.82) is 0 Å². The average Bonchev–Trinajstić information content (AvgIpc) is 2.43. The molecule has 0 aliphatic heterocycles. The summed E-state index contributed by atoms with van der Waals surface area (Å²) in [4.78, 5) is 11.2. The molecule has 1 aromatic rings. The van der Waals surface area contributed by atoms with Gasteiger partial charge in [0.25, 0.3) is 0 Å². The first-order valence-electron chi connectivity index (χ1n) is 6.71. The lowest BCUT2D eigenvalue weighted by molar-refractivity contribution is -0.121. The van der Waals surface area contributed by atoms with Gasteiger partial charge in [-0.25, -0.2) is 0 Å². The fourth-order valence-electron chi connectivity index (χ4n) is 2.52. The number of amides is 1. The fraction of sp³-hybridized carbons (Fsp3) is 0.533. The number of carbonyl (C=O) groups excluding carboxylic acids is 1. The Morgan fingerprint density at radius 1 is 1.33 bits per heavy atom. The smallest absolute Gasteiger partial charge is 0.219 e. The molecule has 1 amide bonds. The molecule has 0 heterocycles. The highest BCUT2D eigenvalue weighted by Gasteiger charge is 2.14. The average molecular weight is 247 g/mol. The minimum Gasteiger partial charge on any atom is -0.388 e. The molecule has 0 saturated carbocycles. The summed E-state index contributed by atoms with van der Waals surface area (Å²) < 4.78 is 0. The number of aliphatic hydroxyl groups is 1. The molecule has 3 nitrogen and oxygen atoms in total. The van der Waals surface area contributed by atoms with Crippen LogP contribution in [-0.4, -0.2) is 18.1 Å². The fourth-order valence-corrected chi connectivity index (χ4v) is 2.52. The number of carbonyl (C=O) groups is 1. The SMILES string of the molecule is CNC(=O)CCC(O)c1ccc2c(c1)CCCC2. The van der Waals surface area contributed by atoms with Crippen molar-refractivity contribution in [2.75, 3.05) is 7.05 Å². The van der Waals surface area contributed by atoms with Gasteiger partial charge in [0.15, 0.2) is 0 Å². The summed E-state index contributed by atoms with van der Waals surface area (Å²) in [7, 11) is 1.62. The molecular formula is C15H21NO2. The standard InChI is InChI=1S/C15H21NO2/c1-16-15(18)9-8-14(17)13-7-6-11-4-2-3-5-12(11)10-13/h6-7,10,14,17H,2-5,8-9H2,1H3,(H,16,18). The van der Waals surface area contributed by atoms with E-state index in [-0.39, 0.29) is 5.91 Å². The van der Waals surface area contributed by atoms with Crippen LogP contribution in [0.25, 0.3) is 0 Å². The molecular weight excluding hydrogens is 226 g/mol. The van der Waals surface area contributed by atoms with Gasteiger partial charge < -0.3 is 10.4 Å². The molecule has 2 rings (SSSR count). The lowest BCUT2D eigenvalue weighted by atomic mass is 9.89. The maximum absolute atomic E-state index is 11.2. The van der Waals surface area contributed by atoms with Gasteiger partial charge in [0.1, 0.15) is 0 Å². The zero-order chi connectivity index (χ0) is 13.0. The topological polar surface area (TPSA) is 49.3 Å². The van der Waals surface area contributed by atoms with Crippen LogP contribution in [0, 0.1) is 0 Å². The van der Waals surface area contributed by atoms with Crippen LogP contribution >= 0.6 is 0 Å². The Kier molecular flexibility index (Phi) is 4.37. The van der Waals surface area contributed by atoms with Crippen LogP contribution in [-0.2, 0) is 17.6 Å². The van der Waals surface area contributed by atoms with Gasteiger partial charge in [0.2, 0.25) is 5.91 Å². The van der Waals surface area contributed by atoms with Gasteiger partial charge in [-0.3, -0.25) is 4.79 Å². The molecule has 1 aliphatic carbocycles. The predicted octanol–water partition coefficient (Wildman–Crippen LogP) is 2.12. The first-order chi connectivity index (χ1) is 8.70. The Hall–Kier alpha value is -1.35. The van der Waals surface area contributed by atoms with E-state index in [1.54, 1.807) is 7.05 Å². The quantitative estimate of drug-likeness (QED) is 0.856. The van der Waals surface area contributed by atoms with E-state index in [0.717, 1.165) is 18.4 Å². The van der Waals surface area contributed by atoms with Crippen molar-refractivity contribution in [3.63, 3.8) is 0 Å². The number of fused-ring (bicyclic) bond motifs is 1. The van der Waals surface area contributed by atoms with E-state index in [0.29, 0.717) is 12.8 Å². The van der Waals surface area contributed by atoms with E-state index in [4.69, 9.17) is 0 Å². The molecule has 18 heavy (non-hydrogen) atoms. The van der Waals surface area contributed by atoms with Gasteiger partial charge in [0, 0.05) is 13.5 Å². The molecule has 3 heteroatoms. The van der Waals surface area contributed by atoms with E-state index in [2.05, 4.69) is 17.4 Å². The first-order valence-corrected chi connectivity index (χ1v) is 6.71. The van der Waals surface area contributed by atoms with Crippen LogP contribution < -0.4 is 5.32 Å². The summed E-state index contributed by atoms with van der Waals surface area (Å²) in [5, 5.41) is 12.7. The van der Waals surface area contributed by atoms with Crippen LogP contribution in [0.4, 0.5) is 0 Å². The van der Waals surface area contributed by atoms with Gasteiger partial charge in [-0.2, -0.15) is 0 Å². The van der Waals surface area contributed by atoms with Crippen LogP contribution in [0.1, 0.15) is 48.5 Å². The summed E-state index contributed by atoms with van der Waals surface area (Å²) in [6.45, 7) is 0. The van der Waals surface area contributed by atoms with Crippen molar-refractivity contribution in [2.24, 2.45) is 0 Å². The minimum absolute atomic E-state index is 0.0213. The third-order valence-electron chi connectivity index (χ3n) is 3.68. The highest BCUT2D eigenvalue weighted by molar-refractivity contribution is 5.75. The highest BCUT2D eigenvalue weighted by Crippen LogP contribution is 2.26. The van der Waals surface area contributed by atoms with Crippen molar-refractivity contribution >= 4 is 5.91 Å². The van der Waals surface area contributed by atoms with Crippen LogP contribution in [0.2, 0.25) is 0 Å². The molecule has 1 aliphatic rings. The monoisotopic (exact) mass is 247 g/mol. The maximum Gasteiger partial charge on any atom is 0.219 e. The lowest BCUT2D eigenvalue weighted by Gasteiger charge is -2.18. The Morgan fingerprint density at radius 3 is 2.78 bits per heavy atom. The van der Waals surface area contributed by atoms with E-state index in [1.807, 2.05) is 6.07 Å². The lowest BCUT2D eigenvalue weighted by Crippen LogP contribution is -2.18. The maximum atomic E-state index is 11.2. The molecule has 0 bridgehead atoms. The van der Waals surface area contributed by atoms with Gasteiger partial charge in [-0.1, -0.05) is 18.2 Å². The van der Waals surface area contributed by atoms with Crippen molar-refractivity contribution in [1.82, 2.24) is 5.32 Å². The number of rotatable bonds is 4. The van der Waals surface area contributed by atoms with Crippen LogP contribution in [0.5, 0.6) is 0 Å². The molecule has 98 valence electrons. The van der Waals surface area contributed by atoms with E-state index in [1.165, 1.54) is 24.0 Å². The second-order valence-corrected chi connectivity index (χ2v) is 4.96. The number of aliphatic hydroxyl groups excluding tert-OH is 1. The molecule has 0 fully saturated rings. The molecule has 0 saturated heterocycles. The molecule has 0 spiro atoms. The molecule has 0 radical (unpaired) electrons. The van der Waals surface area contributed by atoms with Crippen molar-refractivity contribution in [3.05, 3.63) is 34.9 Å². The first kappa shape index (κ1) is 13.1. The molecule has 1 atom stereocenters. The van der Waals surface area contributed by atoms with E-state index >= 15 is 0 Å². The van der Waals surface area contributed by atoms with E-state index in [9.17, 15) is 9.90 Å². The number of benzene rings is 1. The Bertz CT molecular complexity index is 429. The highest BCUT2D eigenvalue weighted by atomic mass is 16.3. The Morgan fingerprint density at radius 2 is 2.06 bits per heavy atom. The second kappa shape index (κ2) is 6.01. The molecule has 2 N–H and O–H groups in total. The summed E-state index contributed by atoms with van der Waals surface area (Å²) in [5.74, 6) is -0.0213. The second-order valence-electron chi connectivity index (χ2n) is 4.96. The van der Waals surface area contributed by atoms with Crippen LogP contribution in [0.3, 0.4) is 0 Å². The van der Waals surface area contributed by atoms with Crippen molar-refractivity contribution < 1.29 is 9.90 Å². The summed E-state index contributed by atoms with van der Waals surface area (Å²) >= 11 is 0. The van der Waals surface area contributed by atoms with Gasteiger partial charge in [-0.05, 0) is 48.8 Å². The molecule has 0 aromatic heterocycles. The van der Waals surface area contributed by atoms with Crippen LogP contribution in [0.15, 0.2) is 18.2 Å². The Balaban J connectivity index is 2.01. The summed E-state index contributed by atoms with van der Waals surface area (Å²) in [5.41, 5.74) is 3.74. The number of hydrogen-bond donors (Lipinski definition) is 2. The van der Waals surface area contributed by atoms with Crippen molar-refractivity contribution in [3.8, 4) is 0 Å². The number of aryl methyl sites for hydroxylation is 2. The zero-order valence-electron chi connectivity index (χ0n) is 10.9. The molecule has 1 aromatic carbocycles. The number of hydrogen-bond acceptors (Lipinski definition) is 2. The normalized spacial score (nSPS) is 15.9. The van der Waals surface area contributed by atoms with Gasteiger partial charge >= 0.3 is 0 Å². The third kappa shape index (κ3) is 3.10. The third-order valence-corrected chi connectivity index (χ3v) is 3.68. The summed E-state index contributed by atoms with van der Waals surface area (Å²) in [6.07, 6.45) is 5.10. The summed E-state index contributed by atoms with van der Waals surface area (Å²) in [6, 6.07) is 6.24. The van der Waals surface area contributed by atoms with E-state index < -0.39 is 6.10 Å². The zero-order valence-corrected chi connectivity index (χ0v) is 10.9. The number of nitrogens with one attached hydrogen (secondary N) is 1. The predicted molar refractivity (Wildman–Crippen MR) is 71.3 cm³/mol. The largest absolute Gasteiger partial charge is 0.388 e. The van der Waals surface area contributed by atoms with Gasteiger partial charge in [-0.15, -0.1) is 0 Å². The Labute approximate surface area is 108 Å². The molecule has 1 unspecified atom stereocenters. The minimum atomic E-state index is -0.533.